The van der Waals surface area contributed by atoms with Crippen LogP contribution in [0.5, 0.6) is 5.75 Å². The smallest absolute Gasteiger partial charge is 0.252 e. The molecule has 0 aliphatic carbocycles. The number of aryl methyl sites for hydroxylation is 1. The van der Waals surface area contributed by atoms with Crippen LogP contribution in [-0.2, 0) is 21.3 Å². The summed E-state index contributed by atoms with van der Waals surface area (Å²) in [5, 5.41) is 0. The van der Waals surface area contributed by atoms with E-state index in [1.165, 1.54) is 25.3 Å². The van der Waals surface area contributed by atoms with Gasteiger partial charge in [-0.1, -0.05) is 0 Å². The SMILES string of the molecule is COc1ccc(S(=O)(=O)NCc2cc(C)nc(N3CCOCC3)n2)cc1C(N)=O. The fourth-order valence-electron chi connectivity index (χ4n) is 2.91. The molecule has 1 saturated heterocycles. The third-order valence-electron chi connectivity index (χ3n) is 4.38. The first-order valence-corrected chi connectivity index (χ1v) is 10.4. The second-order valence-electron chi connectivity index (χ2n) is 6.45. The summed E-state index contributed by atoms with van der Waals surface area (Å²) in [6, 6.07) is 5.64. The second-order valence-corrected chi connectivity index (χ2v) is 8.22. The molecule has 156 valence electrons. The van der Waals surface area contributed by atoms with Crippen molar-refractivity contribution in [1.82, 2.24) is 14.7 Å². The lowest BCUT2D eigenvalue weighted by atomic mass is 10.2. The van der Waals surface area contributed by atoms with Gasteiger partial charge in [-0.05, 0) is 31.2 Å². The maximum atomic E-state index is 12.7. The lowest BCUT2D eigenvalue weighted by Crippen LogP contribution is -2.37. The Bertz CT molecular complexity index is 1010. The summed E-state index contributed by atoms with van der Waals surface area (Å²) in [5.74, 6) is -0.0264. The molecular weight excluding hydrogens is 398 g/mol. The Kier molecular flexibility index (Phi) is 6.30. The van der Waals surface area contributed by atoms with Crippen LogP contribution in [0.4, 0.5) is 5.95 Å². The molecule has 3 rings (SSSR count). The number of anilines is 1. The first kappa shape index (κ1) is 21.0. The fraction of sp³-hybridized carbons (Fsp3) is 0.389. The third-order valence-corrected chi connectivity index (χ3v) is 5.78. The van der Waals surface area contributed by atoms with Crippen LogP contribution in [0, 0.1) is 6.92 Å². The quantitative estimate of drug-likeness (QED) is 0.647. The third kappa shape index (κ3) is 5.00. The van der Waals surface area contributed by atoms with Crippen LogP contribution in [0.1, 0.15) is 21.7 Å². The largest absolute Gasteiger partial charge is 0.496 e. The zero-order valence-corrected chi connectivity index (χ0v) is 17.0. The Morgan fingerprint density at radius 2 is 2.00 bits per heavy atom. The Morgan fingerprint density at radius 1 is 1.28 bits per heavy atom. The molecule has 0 saturated carbocycles. The number of nitrogens with zero attached hydrogens (tertiary/aromatic N) is 3. The van der Waals surface area contributed by atoms with E-state index in [2.05, 4.69) is 14.7 Å². The van der Waals surface area contributed by atoms with Gasteiger partial charge in [0, 0.05) is 18.8 Å². The van der Waals surface area contributed by atoms with Gasteiger partial charge in [0.1, 0.15) is 5.75 Å². The van der Waals surface area contributed by atoms with E-state index in [0.717, 1.165) is 5.69 Å². The van der Waals surface area contributed by atoms with E-state index in [-0.39, 0.29) is 22.8 Å². The van der Waals surface area contributed by atoms with E-state index in [4.69, 9.17) is 15.2 Å². The van der Waals surface area contributed by atoms with E-state index in [1.54, 1.807) is 6.07 Å². The molecule has 10 nitrogen and oxygen atoms in total. The first-order valence-electron chi connectivity index (χ1n) is 8.95. The number of primary amides is 1. The van der Waals surface area contributed by atoms with Crippen molar-refractivity contribution < 1.29 is 22.7 Å². The van der Waals surface area contributed by atoms with Gasteiger partial charge in [0.2, 0.25) is 16.0 Å². The molecular formula is C18H23N5O5S. The fourth-order valence-corrected chi connectivity index (χ4v) is 3.94. The summed E-state index contributed by atoms with van der Waals surface area (Å²) in [6.07, 6.45) is 0. The van der Waals surface area contributed by atoms with Crippen LogP contribution < -0.4 is 20.1 Å². The number of rotatable bonds is 7. The van der Waals surface area contributed by atoms with E-state index >= 15 is 0 Å². The summed E-state index contributed by atoms with van der Waals surface area (Å²) in [7, 11) is -2.52. The Hall–Kier alpha value is -2.76. The number of aromatic nitrogens is 2. The number of nitrogens with one attached hydrogen (secondary N) is 1. The molecule has 0 spiro atoms. The van der Waals surface area contributed by atoms with Crippen LogP contribution in [-0.4, -0.2) is 57.7 Å². The monoisotopic (exact) mass is 421 g/mol. The number of nitrogens with two attached hydrogens (primary N) is 1. The van der Waals surface area contributed by atoms with Crippen molar-refractivity contribution in [3.05, 3.63) is 41.2 Å². The molecule has 1 amide bonds. The first-order chi connectivity index (χ1) is 13.8. The van der Waals surface area contributed by atoms with Crippen LogP contribution in [0.15, 0.2) is 29.2 Å². The van der Waals surface area contributed by atoms with Crippen molar-refractivity contribution in [2.75, 3.05) is 38.3 Å². The minimum atomic E-state index is -3.90. The highest BCUT2D eigenvalue weighted by Crippen LogP contribution is 2.22. The van der Waals surface area contributed by atoms with Crippen LogP contribution in [0.25, 0.3) is 0 Å². The number of amides is 1. The average molecular weight is 421 g/mol. The molecule has 0 bridgehead atoms. The molecule has 1 fully saturated rings. The summed E-state index contributed by atoms with van der Waals surface area (Å²) in [4.78, 5) is 22.4. The van der Waals surface area contributed by atoms with Crippen molar-refractivity contribution in [1.29, 1.82) is 0 Å². The summed E-state index contributed by atoms with van der Waals surface area (Å²) < 4.78 is 38.2. The molecule has 3 N–H and O–H groups in total. The molecule has 0 radical (unpaired) electrons. The van der Waals surface area contributed by atoms with Crippen LogP contribution in [0.2, 0.25) is 0 Å². The van der Waals surface area contributed by atoms with E-state index in [9.17, 15) is 13.2 Å². The van der Waals surface area contributed by atoms with Gasteiger partial charge in [0.15, 0.2) is 0 Å². The van der Waals surface area contributed by atoms with Gasteiger partial charge in [0.25, 0.3) is 5.91 Å². The number of methoxy groups -OCH3 is 1. The molecule has 2 heterocycles. The molecule has 0 unspecified atom stereocenters. The number of hydrogen-bond donors (Lipinski definition) is 2. The Morgan fingerprint density at radius 3 is 2.66 bits per heavy atom. The van der Waals surface area contributed by atoms with Crippen LogP contribution in [0.3, 0.4) is 0 Å². The minimum Gasteiger partial charge on any atom is -0.496 e. The molecule has 1 aromatic carbocycles. The predicted molar refractivity (Wildman–Crippen MR) is 105 cm³/mol. The molecule has 1 aliphatic rings. The van der Waals surface area contributed by atoms with E-state index < -0.39 is 15.9 Å². The van der Waals surface area contributed by atoms with Crippen molar-refractivity contribution in [3.8, 4) is 5.75 Å². The summed E-state index contributed by atoms with van der Waals surface area (Å²) in [5.41, 5.74) is 6.56. The maximum Gasteiger partial charge on any atom is 0.252 e. The lowest BCUT2D eigenvalue weighted by molar-refractivity contribution is 0.0997. The van der Waals surface area contributed by atoms with Gasteiger partial charge < -0.3 is 20.1 Å². The van der Waals surface area contributed by atoms with Crippen LogP contribution >= 0.6 is 0 Å². The van der Waals surface area contributed by atoms with Crippen molar-refractivity contribution in [2.45, 2.75) is 18.4 Å². The topological polar surface area (TPSA) is 137 Å². The molecule has 1 aliphatic heterocycles. The normalized spacial score (nSPS) is 14.6. The second kappa shape index (κ2) is 8.72. The van der Waals surface area contributed by atoms with Gasteiger partial charge >= 0.3 is 0 Å². The predicted octanol–water partition coefficient (Wildman–Crippen LogP) is 0.208. The molecule has 1 aromatic heterocycles. The van der Waals surface area contributed by atoms with E-state index in [1.807, 2.05) is 11.8 Å². The molecule has 2 aromatic rings. The number of hydrogen-bond acceptors (Lipinski definition) is 8. The maximum absolute atomic E-state index is 12.7. The number of morpholine rings is 1. The number of carbonyl (C=O) groups excluding carboxylic acids is 1. The zero-order valence-electron chi connectivity index (χ0n) is 16.2. The highest BCUT2D eigenvalue weighted by molar-refractivity contribution is 7.89. The highest BCUT2D eigenvalue weighted by atomic mass is 32.2. The lowest BCUT2D eigenvalue weighted by Gasteiger charge is -2.27. The van der Waals surface area contributed by atoms with Gasteiger partial charge in [-0.2, -0.15) is 0 Å². The standard InChI is InChI=1S/C18H23N5O5S/c1-12-9-13(22-18(21-12)23-5-7-28-8-6-23)11-20-29(25,26)14-3-4-16(27-2)15(10-14)17(19)24/h3-4,9-10,20H,5-8,11H2,1-2H3,(H2,19,24). The zero-order chi connectivity index (χ0) is 21.0. The van der Waals surface area contributed by atoms with Crippen molar-refractivity contribution >= 4 is 21.9 Å². The molecule has 29 heavy (non-hydrogen) atoms. The van der Waals surface area contributed by atoms with Gasteiger partial charge in [0.05, 0.1) is 43.0 Å². The van der Waals surface area contributed by atoms with Crippen molar-refractivity contribution in [3.63, 3.8) is 0 Å². The van der Waals surface area contributed by atoms with Gasteiger partial charge in [-0.3, -0.25) is 4.79 Å². The summed E-state index contributed by atoms with van der Waals surface area (Å²) in [6.45, 7) is 4.35. The minimum absolute atomic E-state index is 0.0112. The van der Waals surface area contributed by atoms with E-state index in [0.29, 0.717) is 37.9 Å². The number of carbonyl (C=O) groups is 1. The average Bonchev–Trinajstić information content (AvgIpc) is 2.72. The van der Waals surface area contributed by atoms with Gasteiger partial charge in [-0.15, -0.1) is 0 Å². The highest BCUT2D eigenvalue weighted by Gasteiger charge is 2.20. The number of benzene rings is 1. The Labute approximate surface area is 169 Å². The van der Waals surface area contributed by atoms with Gasteiger partial charge in [-0.25, -0.2) is 23.1 Å². The molecule has 0 atom stereocenters. The van der Waals surface area contributed by atoms with Crippen molar-refractivity contribution in [2.24, 2.45) is 5.73 Å². The number of ether oxygens (including phenoxy) is 2. The molecule has 11 heteroatoms. The summed E-state index contributed by atoms with van der Waals surface area (Å²) >= 11 is 0. The number of sulfonamides is 1. The Balaban J connectivity index is 1.79.